The van der Waals surface area contributed by atoms with Crippen LogP contribution in [0.15, 0.2) is 42.7 Å². The first-order valence-electron chi connectivity index (χ1n) is 11.9. The van der Waals surface area contributed by atoms with Crippen molar-refractivity contribution >= 4 is 0 Å². The van der Waals surface area contributed by atoms with Gasteiger partial charge in [0, 0.05) is 0 Å². The van der Waals surface area contributed by atoms with Gasteiger partial charge >= 0.3 is 0 Å². The van der Waals surface area contributed by atoms with Gasteiger partial charge in [0.05, 0.1) is 19.2 Å². The van der Waals surface area contributed by atoms with Crippen molar-refractivity contribution in [1.82, 2.24) is 4.57 Å². The normalized spacial score (nSPS) is 11.2. The quantitative estimate of drug-likeness (QED) is 0.210. The number of imidazole rings is 1. The van der Waals surface area contributed by atoms with E-state index in [2.05, 4.69) is 65.8 Å². The highest BCUT2D eigenvalue weighted by Gasteiger charge is 2.15. The van der Waals surface area contributed by atoms with Gasteiger partial charge in [-0.1, -0.05) is 102 Å². The highest BCUT2D eigenvalue weighted by Crippen LogP contribution is 2.17. The Kier molecular flexibility index (Phi) is 11.7. The molecule has 28 heavy (non-hydrogen) atoms. The molecule has 0 atom stereocenters. The van der Waals surface area contributed by atoms with Crippen LogP contribution < -0.4 is 4.57 Å². The van der Waals surface area contributed by atoms with Gasteiger partial charge in [-0.15, -0.1) is 0 Å². The summed E-state index contributed by atoms with van der Waals surface area (Å²) in [6, 6.07) is 10.7. The molecule has 1 aromatic heterocycles. The molecule has 2 aromatic rings. The standard InChI is InChI=1S/C26H43N2/c1-3-4-5-6-7-8-9-10-11-12-13-14-15-19-22-28-24-23-27(2)26(28)25-20-17-16-18-21-25/h16-18,20-21,23-24H,3-15,19,22H2,1-2H3/q+1. The second-order valence-corrected chi connectivity index (χ2v) is 8.39. The van der Waals surface area contributed by atoms with Crippen LogP contribution in [-0.2, 0) is 13.6 Å². The molecule has 0 saturated heterocycles. The third kappa shape index (κ3) is 8.63. The fraction of sp³-hybridized carbons (Fsp3) is 0.654. The first-order valence-corrected chi connectivity index (χ1v) is 11.9. The Hall–Kier alpha value is -1.57. The molecule has 156 valence electrons. The minimum absolute atomic E-state index is 1.13. The van der Waals surface area contributed by atoms with E-state index in [-0.39, 0.29) is 0 Å². The van der Waals surface area contributed by atoms with Crippen LogP contribution in [0.5, 0.6) is 0 Å². The molecule has 1 aromatic carbocycles. The number of benzene rings is 1. The molecule has 0 N–H and O–H groups in total. The molecule has 0 aliphatic heterocycles. The van der Waals surface area contributed by atoms with Crippen molar-refractivity contribution in [3.05, 3.63) is 42.7 Å². The summed E-state index contributed by atoms with van der Waals surface area (Å²) in [6.45, 7) is 3.42. The zero-order valence-corrected chi connectivity index (χ0v) is 18.5. The van der Waals surface area contributed by atoms with Crippen LogP contribution in [0.1, 0.15) is 96.8 Å². The molecule has 0 fully saturated rings. The molecule has 0 saturated carbocycles. The maximum atomic E-state index is 2.41. The van der Waals surface area contributed by atoms with E-state index in [1.54, 1.807) is 0 Å². The number of aryl methyl sites for hydroxylation is 2. The number of hydrogen-bond acceptors (Lipinski definition) is 0. The Bertz CT molecular complexity index is 615. The largest absolute Gasteiger partial charge is 0.288 e. The summed E-state index contributed by atoms with van der Waals surface area (Å²) >= 11 is 0. The van der Waals surface area contributed by atoms with E-state index in [1.165, 1.54) is 101 Å². The number of rotatable bonds is 16. The van der Waals surface area contributed by atoms with E-state index in [0.717, 1.165) is 6.54 Å². The Labute approximate surface area is 174 Å². The average molecular weight is 384 g/mol. The number of unbranched alkanes of at least 4 members (excludes halogenated alkanes) is 13. The monoisotopic (exact) mass is 383 g/mol. The maximum Gasteiger partial charge on any atom is 0.288 e. The van der Waals surface area contributed by atoms with E-state index in [9.17, 15) is 0 Å². The van der Waals surface area contributed by atoms with E-state index in [1.807, 2.05) is 0 Å². The van der Waals surface area contributed by atoms with Gasteiger partial charge in [0.15, 0.2) is 0 Å². The van der Waals surface area contributed by atoms with E-state index in [0.29, 0.717) is 0 Å². The third-order valence-corrected chi connectivity index (χ3v) is 5.86. The summed E-state index contributed by atoms with van der Waals surface area (Å²) in [5.41, 5.74) is 1.31. The highest BCUT2D eigenvalue weighted by molar-refractivity contribution is 5.52. The van der Waals surface area contributed by atoms with Crippen molar-refractivity contribution in [1.29, 1.82) is 0 Å². The molecule has 0 amide bonds. The van der Waals surface area contributed by atoms with Crippen LogP contribution >= 0.6 is 0 Å². The van der Waals surface area contributed by atoms with Crippen LogP contribution in [-0.4, -0.2) is 4.57 Å². The fourth-order valence-electron chi connectivity index (χ4n) is 4.14. The lowest BCUT2D eigenvalue weighted by molar-refractivity contribution is -0.659. The van der Waals surface area contributed by atoms with Gasteiger partial charge in [-0.3, -0.25) is 0 Å². The van der Waals surface area contributed by atoms with Gasteiger partial charge in [-0.05, 0) is 25.0 Å². The maximum absolute atomic E-state index is 2.41. The molecule has 0 aliphatic rings. The van der Waals surface area contributed by atoms with Gasteiger partial charge in [0.1, 0.15) is 12.4 Å². The zero-order valence-electron chi connectivity index (χ0n) is 18.5. The first kappa shape index (κ1) is 22.7. The summed E-state index contributed by atoms with van der Waals surface area (Å²) in [5, 5.41) is 0. The Morgan fingerprint density at radius 3 is 1.71 bits per heavy atom. The SMILES string of the molecule is CCCCCCCCCCCCCCCCn1cc[n+](C)c1-c1ccccc1. The van der Waals surface area contributed by atoms with Crippen molar-refractivity contribution in [2.45, 2.75) is 103 Å². The molecule has 1 heterocycles. The summed E-state index contributed by atoms with van der Waals surface area (Å²) in [7, 11) is 2.14. The fourth-order valence-corrected chi connectivity index (χ4v) is 4.14. The first-order chi connectivity index (χ1) is 13.8. The molecule has 0 aliphatic carbocycles. The van der Waals surface area contributed by atoms with Gasteiger partial charge in [0.25, 0.3) is 5.82 Å². The predicted octanol–water partition coefficient (Wildman–Crippen LogP) is 7.46. The second-order valence-electron chi connectivity index (χ2n) is 8.39. The Morgan fingerprint density at radius 2 is 1.18 bits per heavy atom. The molecular weight excluding hydrogens is 340 g/mol. The van der Waals surface area contributed by atoms with Gasteiger partial charge < -0.3 is 0 Å². The lowest BCUT2D eigenvalue weighted by atomic mass is 10.0. The van der Waals surface area contributed by atoms with E-state index >= 15 is 0 Å². The molecular formula is C26H43N2+. The average Bonchev–Trinajstić information content (AvgIpc) is 3.09. The lowest BCUT2D eigenvalue weighted by Crippen LogP contribution is -2.29. The van der Waals surface area contributed by atoms with Crippen molar-refractivity contribution in [2.24, 2.45) is 7.05 Å². The van der Waals surface area contributed by atoms with E-state index in [4.69, 9.17) is 0 Å². The lowest BCUT2D eigenvalue weighted by Gasteiger charge is -2.04. The van der Waals surface area contributed by atoms with Crippen molar-refractivity contribution in [3.8, 4) is 11.4 Å². The van der Waals surface area contributed by atoms with Crippen LogP contribution in [0.3, 0.4) is 0 Å². The predicted molar refractivity (Wildman–Crippen MR) is 121 cm³/mol. The van der Waals surface area contributed by atoms with E-state index < -0.39 is 0 Å². The smallest absolute Gasteiger partial charge is 0.233 e. The molecule has 0 bridgehead atoms. The van der Waals surface area contributed by atoms with Gasteiger partial charge in [-0.2, -0.15) is 0 Å². The molecule has 0 spiro atoms. The van der Waals surface area contributed by atoms with Crippen molar-refractivity contribution < 1.29 is 4.57 Å². The minimum Gasteiger partial charge on any atom is -0.233 e. The molecule has 2 rings (SSSR count). The summed E-state index contributed by atoms with van der Waals surface area (Å²) in [6.07, 6.45) is 24.3. The zero-order chi connectivity index (χ0) is 19.9. The molecule has 2 nitrogen and oxygen atoms in total. The molecule has 0 unspecified atom stereocenters. The second kappa shape index (κ2) is 14.4. The van der Waals surface area contributed by atoms with Crippen LogP contribution in [0.4, 0.5) is 0 Å². The topological polar surface area (TPSA) is 8.81 Å². The van der Waals surface area contributed by atoms with Crippen molar-refractivity contribution in [2.75, 3.05) is 0 Å². The highest BCUT2D eigenvalue weighted by atomic mass is 15.1. The van der Waals surface area contributed by atoms with Gasteiger partial charge in [0.2, 0.25) is 0 Å². The minimum atomic E-state index is 1.13. The number of aromatic nitrogens is 2. The molecule has 2 heteroatoms. The molecule has 0 radical (unpaired) electrons. The number of hydrogen-bond donors (Lipinski definition) is 0. The van der Waals surface area contributed by atoms with Crippen LogP contribution in [0.2, 0.25) is 0 Å². The Morgan fingerprint density at radius 1 is 0.679 bits per heavy atom. The Balaban J connectivity index is 1.48. The summed E-state index contributed by atoms with van der Waals surface area (Å²) in [4.78, 5) is 0. The number of nitrogens with zero attached hydrogens (tertiary/aromatic N) is 2. The van der Waals surface area contributed by atoms with Crippen LogP contribution in [0, 0.1) is 0 Å². The third-order valence-electron chi connectivity index (χ3n) is 5.86. The van der Waals surface area contributed by atoms with Crippen molar-refractivity contribution in [3.63, 3.8) is 0 Å². The van der Waals surface area contributed by atoms with Gasteiger partial charge in [-0.25, -0.2) is 9.13 Å². The summed E-state index contributed by atoms with van der Waals surface area (Å²) in [5.74, 6) is 1.32. The summed E-state index contributed by atoms with van der Waals surface area (Å²) < 4.78 is 4.65. The van der Waals surface area contributed by atoms with Crippen LogP contribution in [0.25, 0.3) is 11.4 Å².